The van der Waals surface area contributed by atoms with Gasteiger partial charge in [-0.1, -0.05) is 13.3 Å². The highest BCUT2D eigenvalue weighted by molar-refractivity contribution is 4.75. The number of rotatable bonds is 10. The van der Waals surface area contributed by atoms with Crippen LogP contribution >= 0.6 is 0 Å². The summed E-state index contributed by atoms with van der Waals surface area (Å²) in [5, 5.41) is 3.51. The molecular weight excluding hydrogens is 224 g/mol. The van der Waals surface area contributed by atoms with Crippen LogP contribution in [0.25, 0.3) is 0 Å². The molecule has 1 heterocycles. The summed E-state index contributed by atoms with van der Waals surface area (Å²) >= 11 is 0. The highest BCUT2D eigenvalue weighted by atomic mass is 16.5. The van der Waals surface area contributed by atoms with E-state index in [1.54, 1.807) is 0 Å². The van der Waals surface area contributed by atoms with E-state index in [1.807, 2.05) is 0 Å². The SMILES string of the molecule is CCCC1CCN(CCNCCCOC(C)C)C1. The van der Waals surface area contributed by atoms with Gasteiger partial charge in [0.2, 0.25) is 0 Å². The number of nitrogens with zero attached hydrogens (tertiary/aromatic N) is 1. The molecule has 3 nitrogen and oxygen atoms in total. The molecule has 0 radical (unpaired) electrons. The summed E-state index contributed by atoms with van der Waals surface area (Å²) < 4.78 is 5.51. The topological polar surface area (TPSA) is 24.5 Å². The number of hydrogen-bond acceptors (Lipinski definition) is 3. The molecule has 18 heavy (non-hydrogen) atoms. The van der Waals surface area contributed by atoms with Gasteiger partial charge in [0.25, 0.3) is 0 Å². The van der Waals surface area contributed by atoms with E-state index >= 15 is 0 Å². The Morgan fingerprint density at radius 3 is 2.89 bits per heavy atom. The first-order valence-electron chi connectivity index (χ1n) is 7.77. The molecule has 1 rings (SSSR count). The molecule has 1 N–H and O–H groups in total. The van der Waals surface area contributed by atoms with Crippen molar-refractivity contribution in [3.05, 3.63) is 0 Å². The van der Waals surface area contributed by atoms with E-state index in [0.717, 1.165) is 32.0 Å². The molecule has 1 unspecified atom stereocenters. The zero-order valence-corrected chi connectivity index (χ0v) is 12.6. The lowest BCUT2D eigenvalue weighted by atomic mass is 10.0. The van der Waals surface area contributed by atoms with Crippen LogP contribution in [0.15, 0.2) is 0 Å². The van der Waals surface area contributed by atoms with Crippen molar-refractivity contribution < 1.29 is 4.74 Å². The fourth-order valence-corrected chi connectivity index (χ4v) is 2.64. The van der Waals surface area contributed by atoms with E-state index in [-0.39, 0.29) is 0 Å². The lowest BCUT2D eigenvalue weighted by molar-refractivity contribution is 0.0770. The van der Waals surface area contributed by atoms with Crippen LogP contribution in [-0.4, -0.2) is 50.3 Å². The zero-order valence-electron chi connectivity index (χ0n) is 12.6. The highest BCUT2D eigenvalue weighted by Gasteiger charge is 2.20. The summed E-state index contributed by atoms with van der Waals surface area (Å²) in [5.41, 5.74) is 0. The van der Waals surface area contributed by atoms with Gasteiger partial charge in [-0.3, -0.25) is 0 Å². The molecule has 0 saturated carbocycles. The normalized spacial score (nSPS) is 21.0. The Balaban J connectivity index is 1.87. The third-order valence-corrected chi connectivity index (χ3v) is 3.62. The number of hydrogen-bond donors (Lipinski definition) is 1. The smallest absolute Gasteiger partial charge is 0.0518 e. The number of nitrogens with one attached hydrogen (secondary N) is 1. The maximum absolute atomic E-state index is 5.51. The summed E-state index contributed by atoms with van der Waals surface area (Å²) in [6, 6.07) is 0. The first-order chi connectivity index (χ1) is 8.72. The first-order valence-corrected chi connectivity index (χ1v) is 7.77. The fourth-order valence-electron chi connectivity index (χ4n) is 2.64. The predicted octanol–water partition coefficient (Wildman–Crippen LogP) is 2.51. The predicted molar refractivity (Wildman–Crippen MR) is 78.0 cm³/mol. The quantitative estimate of drug-likeness (QED) is 0.608. The van der Waals surface area contributed by atoms with E-state index in [9.17, 15) is 0 Å². The average molecular weight is 256 g/mol. The second-order valence-corrected chi connectivity index (χ2v) is 5.77. The average Bonchev–Trinajstić information content (AvgIpc) is 2.76. The van der Waals surface area contributed by atoms with Gasteiger partial charge in [-0.15, -0.1) is 0 Å². The number of likely N-dealkylation sites (tertiary alicyclic amines) is 1. The van der Waals surface area contributed by atoms with Crippen LogP contribution in [0.5, 0.6) is 0 Å². The molecule has 0 aromatic carbocycles. The summed E-state index contributed by atoms with van der Waals surface area (Å²) in [4.78, 5) is 2.61. The summed E-state index contributed by atoms with van der Waals surface area (Å²) in [6.45, 7) is 13.4. The molecule has 0 amide bonds. The van der Waals surface area contributed by atoms with Crippen molar-refractivity contribution in [2.24, 2.45) is 5.92 Å². The van der Waals surface area contributed by atoms with Crippen LogP contribution in [0.3, 0.4) is 0 Å². The van der Waals surface area contributed by atoms with Crippen molar-refractivity contribution in [2.75, 3.05) is 39.3 Å². The standard InChI is InChI=1S/C15H32N2O/c1-4-6-15-7-10-17(13-15)11-9-16-8-5-12-18-14(2)3/h14-16H,4-13H2,1-3H3. The molecule has 3 heteroatoms. The van der Waals surface area contributed by atoms with E-state index in [0.29, 0.717) is 6.10 Å². The molecule has 1 aliphatic heterocycles. The van der Waals surface area contributed by atoms with Crippen molar-refractivity contribution >= 4 is 0 Å². The molecule has 0 aliphatic carbocycles. The van der Waals surface area contributed by atoms with E-state index in [4.69, 9.17) is 4.74 Å². The molecule has 1 fully saturated rings. The van der Waals surface area contributed by atoms with Crippen molar-refractivity contribution in [3.8, 4) is 0 Å². The lowest BCUT2D eigenvalue weighted by Gasteiger charge is -2.16. The van der Waals surface area contributed by atoms with Gasteiger partial charge < -0.3 is 15.0 Å². The zero-order chi connectivity index (χ0) is 13.2. The van der Waals surface area contributed by atoms with Gasteiger partial charge >= 0.3 is 0 Å². The van der Waals surface area contributed by atoms with E-state index < -0.39 is 0 Å². The second kappa shape index (κ2) is 9.76. The van der Waals surface area contributed by atoms with Crippen LogP contribution in [0.2, 0.25) is 0 Å². The molecule has 0 aromatic heterocycles. The molecule has 1 saturated heterocycles. The lowest BCUT2D eigenvalue weighted by Crippen LogP contribution is -2.31. The van der Waals surface area contributed by atoms with Gasteiger partial charge in [0.15, 0.2) is 0 Å². The molecule has 0 bridgehead atoms. The van der Waals surface area contributed by atoms with Gasteiger partial charge in [-0.25, -0.2) is 0 Å². The summed E-state index contributed by atoms with van der Waals surface area (Å²) in [7, 11) is 0. The Labute approximate surface area is 113 Å². The Kier molecular flexibility index (Phi) is 8.64. The first kappa shape index (κ1) is 15.9. The summed E-state index contributed by atoms with van der Waals surface area (Å²) in [5.74, 6) is 0.967. The second-order valence-electron chi connectivity index (χ2n) is 5.77. The molecule has 1 aliphatic rings. The molecule has 108 valence electrons. The van der Waals surface area contributed by atoms with Crippen molar-refractivity contribution in [1.82, 2.24) is 10.2 Å². The van der Waals surface area contributed by atoms with Crippen LogP contribution in [0, 0.1) is 5.92 Å². The van der Waals surface area contributed by atoms with Crippen molar-refractivity contribution in [1.29, 1.82) is 0 Å². The van der Waals surface area contributed by atoms with Crippen LogP contribution in [0.4, 0.5) is 0 Å². The highest BCUT2D eigenvalue weighted by Crippen LogP contribution is 2.19. The Bertz CT molecular complexity index is 197. The largest absolute Gasteiger partial charge is 0.379 e. The van der Waals surface area contributed by atoms with Crippen molar-refractivity contribution in [2.45, 2.75) is 52.6 Å². The molecule has 0 aromatic rings. The minimum absolute atomic E-state index is 0.366. The minimum atomic E-state index is 0.366. The maximum atomic E-state index is 5.51. The van der Waals surface area contributed by atoms with Gasteiger partial charge in [0.1, 0.15) is 0 Å². The Morgan fingerprint density at radius 1 is 1.33 bits per heavy atom. The van der Waals surface area contributed by atoms with Crippen LogP contribution < -0.4 is 5.32 Å². The van der Waals surface area contributed by atoms with Gasteiger partial charge in [-0.2, -0.15) is 0 Å². The molecular formula is C15H32N2O. The number of ether oxygens (including phenoxy) is 1. The summed E-state index contributed by atoms with van der Waals surface area (Å²) in [6.07, 6.45) is 5.65. The maximum Gasteiger partial charge on any atom is 0.0518 e. The van der Waals surface area contributed by atoms with Gasteiger partial charge in [0.05, 0.1) is 6.10 Å². The Morgan fingerprint density at radius 2 is 2.17 bits per heavy atom. The minimum Gasteiger partial charge on any atom is -0.379 e. The fraction of sp³-hybridized carbons (Fsp3) is 1.00. The van der Waals surface area contributed by atoms with E-state index in [2.05, 4.69) is 31.0 Å². The van der Waals surface area contributed by atoms with Crippen LogP contribution in [0.1, 0.15) is 46.5 Å². The molecule has 0 spiro atoms. The molecule has 1 atom stereocenters. The monoisotopic (exact) mass is 256 g/mol. The van der Waals surface area contributed by atoms with Crippen LogP contribution in [-0.2, 0) is 4.74 Å². The van der Waals surface area contributed by atoms with E-state index in [1.165, 1.54) is 38.9 Å². The van der Waals surface area contributed by atoms with Crippen molar-refractivity contribution in [3.63, 3.8) is 0 Å². The van der Waals surface area contributed by atoms with Gasteiger partial charge in [-0.05, 0) is 52.1 Å². The third kappa shape index (κ3) is 7.34. The third-order valence-electron chi connectivity index (χ3n) is 3.62. The van der Waals surface area contributed by atoms with Gasteiger partial charge in [0, 0.05) is 26.2 Å². The Hall–Kier alpha value is -0.120.